The molecule has 32 heavy (non-hydrogen) atoms. The molecule has 2 N–H and O–H groups in total. The van der Waals surface area contributed by atoms with E-state index in [0.717, 1.165) is 31.4 Å². The molecule has 1 saturated carbocycles. The summed E-state index contributed by atoms with van der Waals surface area (Å²) in [6.45, 7) is 5.51. The second-order valence-electron chi connectivity index (χ2n) is 9.29. The number of carbonyl (C=O) groups is 2. The molecule has 3 amide bonds. The van der Waals surface area contributed by atoms with E-state index in [1.807, 2.05) is 20.0 Å². The van der Waals surface area contributed by atoms with Gasteiger partial charge in [-0.2, -0.15) is 0 Å². The zero-order valence-corrected chi connectivity index (χ0v) is 19.6. The van der Waals surface area contributed by atoms with Gasteiger partial charge < -0.3 is 25.0 Å². The number of likely N-dealkylation sites (N-methyl/N-ethyl adjacent to an activating group) is 1. The van der Waals surface area contributed by atoms with Crippen molar-refractivity contribution in [2.45, 2.75) is 83.7 Å². The normalized spacial score (nSPS) is 24.4. The van der Waals surface area contributed by atoms with Gasteiger partial charge >= 0.3 is 6.03 Å². The zero-order valence-electron chi connectivity index (χ0n) is 19.6. The lowest BCUT2D eigenvalue weighted by Gasteiger charge is -2.35. The van der Waals surface area contributed by atoms with Crippen LogP contribution in [-0.2, 0) is 22.7 Å². The van der Waals surface area contributed by atoms with Gasteiger partial charge in [0.2, 0.25) is 5.91 Å². The molecule has 0 unspecified atom stereocenters. The summed E-state index contributed by atoms with van der Waals surface area (Å²) in [5, 5.41) is 21.1. The average molecular weight is 451 g/mol. The number of nitrogens with one attached hydrogen (secondary N) is 1. The van der Waals surface area contributed by atoms with Gasteiger partial charge in [0.05, 0.1) is 31.6 Å². The van der Waals surface area contributed by atoms with Crippen LogP contribution in [0.2, 0.25) is 0 Å². The number of urea groups is 1. The van der Waals surface area contributed by atoms with E-state index in [9.17, 15) is 14.7 Å². The number of hydrogen-bond acceptors (Lipinski definition) is 6. The van der Waals surface area contributed by atoms with Crippen LogP contribution in [0.5, 0.6) is 0 Å². The van der Waals surface area contributed by atoms with Crippen LogP contribution in [0.1, 0.15) is 58.1 Å². The lowest BCUT2D eigenvalue weighted by Crippen LogP contribution is -2.49. The van der Waals surface area contributed by atoms with Crippen molar-refractivity contribution in [2.24, 2.45) is 5.92 Å². The first-order chi connectivity index (χ1) is 15.4. The molecule has 10 nitrogen and oxygen atoms in total. The van der Waals surface area contributed by atoms with E-state index in [1.54, 1.807) is 21.5 Å². The molecule has 0 aromatic carbocycles. The minimum atomic E-state index is -0.304. The van der Waals surface area contributed by atoms with E-state index in [1.165, 1.54) is 0 Å². The number of rotatable bonds is 5. The predicted molar refractivity (Wildman–Crippen MR) is 119 cm³/mol. The number of aryl methyl sites for hydroxylation is 1. The molecule has 3 rings (SSSR count). The molecule has 1 fully saturated rings. The Morgan fingerprint density at radius 2 is 2.12 bits per heavy atom. The Balaban J connectivity index is 1.72. The Kier molecular flexibility index (Phi) is 8.86. The highest BCUT2D eigenvalue weighted by atomic mass is 16.5. The fourth-order valence-electron chi connectivity index (χ4n) is 4.40. The summed E-state index contributed by atoms with van der Waals surface area (Å²) in [6, 6.07) is -0.133. The fourth-order valence-corrected chi connectivity index (χ4v) is 4.40. The standard InChI is InChI=1S/C22H38N6O4/c1-16-11-28(17(2)14-29)21(30)9-6-10-27-12-19(24-25-27)15-32-20(16)13-26(3)22(31)23-18-7-4-5-8-18/h12,16-18,20,29H,4-11,13-15H2,1-3H3,(H,23,31)/t16-,17-,20-/m1/s1. The van der Waals surface area contributed by atoms with E-state index in [4.69, 9.17) is 4.74 Å². The monoisotopic (exact) mass is 450 g/mol. The maximum absolute atomic E-state index is 12.9. The van der Waals surface area contributed by atoms with Gasteiger partial charge in [-0.15, -0.1) is 5.10 Å². The first-order valence-corrected chi connectivity index (χ1v) is 11.8. The topological polar surface area (TPSA) is 113 Å². The molecule has 1 aliphatic carbocycles. The van der Waals surface area contributed by atoms with Gasteiger partial charge in [0.15, 0.2) is 0 Å². The van der Waals surface area contributed by atoms with Gasteiger partial charge in [-0.3, -0.25) is 9.48 Å². The highest BCUT2D eigenvalue weighted by molar-refractivity contribution is 5.76. The number of aliphatic hydroxyl groups is 1. The van der Waals surface area contributed by atoms with Gasteiger partial charge in [-0.05, 0) is 26.2 Å². The minimum absolute atomic E-state index is 0.00377. The predicted octanol–water partition coefficient (Wildman–Crippen LogP) is 1.39. The summed E-state index contributed by atoms with van der Waals surface area (Å²) < 4.78 is 7.94. The Morgan fingerprint density at radius 3 is 2.84 bits per heavy atom. The minimum Gasteiger partial charge on any atom is -0.394 e. The third kappa shape index (κ3) is 6.65. The average Bonchev–Trinajstić information content (AvgIpc) is 3.45. The summed E-state index contributed by atoms with van der Waals surface area (Å²) >= 11 is 0. The quantitative estimate of drug-likeness (QED) is 0.701. The SMILES string of the molecule is C[C@@H]1CN([C@H](C)CO)C(=O)CCCn2cc(nn2)CO[C@@H]1CN(C)C(=O)NC1CCCC1. The van der Waals surface area contributed by atoms with E-state index < -0.39 is 0 Å². The molecular weight excluding hydrogens is 412 g/mol. The molecule has 2 heterocycles. The molecule has 0 saturated heterocycles. The van der Waals surface area contributed by atoms with Crippen LogP contribution in [0.25, 0.3) is 0 Å². The zero-order chi connectivity index (χ0) is 23.1. The lowest BCUT2D eigenvalue weighted by atomic mass is 10.0. The summed E-state index contributed by atoms with van der Waals surface area (Å²) in [7, 11) is 1.77. The number of carbonyl (C=O) groups excluding carboxylic acids is 2. The molecule has 180 valence electrons. The second-order valence-corrected chi connectivity index (χ2v) is 9.29. The van der Waals surface area contributed by atoms with Crippen LogP contribution >= 0.6 is 0 Å². The molecule has 0 radical (unpaired) electrons. The maximum atomic E-state index is 12.9. The number of hydrogen-bond donors (Lipinski definition) is 2. The number of fused-ring (bicyclic) bond motifs is 2. The lowest BCUT2D eigenvalue weighted by molar-refractivity contribution is -0.136. The third-order valence-electron chi connectivity index (χ3n) is 6.53. The smallest absolute Gasteiger partial charge is 0.317 e. The molecule has 10 heteroatoms. The first kappa shape index (κ1) is 24.4. The summed E-state index contributed by atoms with van der Waals surface area (Å²) in [5.74, 6) is -0.0467. The van der Waals surface area contributed by atoms with E-state index in [0.29, 0.717) is 32.5 Å². The van der Waals surface area contributed by atoms with E-state index >= 15 is 0 Å². The fraction of sp³-hybridized carbons (Fsp3) is 0.818. The maximum Gasteiger partial charge on any atom is 0.317 e. The van der Waals surface area contributed by atoms with Crippen LogP contribution in [0.15, 0.2) is 6.20 Å². The number of ether oxygens (including phenoxy) is 1. The van der Waals surface area contributed by atoms with Crippen LogP contribution in [0, 0.1) is 5.92 Å². The molecule has 0 spiro atoms. The van der Waals surface area contributed by atoms with Crippen molar-refractivity contribution in [2.75, 3.05) is 26.7 Å². The molecule has 2 bridgehead atoms. The Bertz CT molecular complexity index is 751. The van der Waals surface area contributed by atoms with Crippen LogP contribution in [-0.4, -0.2) is 86.8 Å². The molecule has 1 aromatic heterocycles. The summed E-state index contributed by atoms with van der Waals surface area (Å²) in [4.78, 5) is 29.0. The number of aliphatic hydroxyl groups excluding tert-OH is 1. The van der Waals surface area contributed by atoms with Crippen molar-refractivity contribution in [3.05, 3.63) is 11.9 Å². The van der Waals surface area contributed by atoms with Crippen molar-refractivity contribution in [1.29, 1.82) is 0 Å². The molecule has 3 atom stereocenters. The van der Waals surface area contributed by atoms with E-state index in [2.05, 4.69) is 15.6 Å². The van der Waals surface area contributed by atoms with Gasteiger partial charge in [0.1, 0.15) is 5.69 Å². The van der Waals surface area contributed by atoms with Crippen LogP contribution < -0.4 is 5.32 Å². The highest BCUT2D eigenvalue weighted by Gasteiger charge is 2.29. The van der Waals surface area contributed by atoms with Crippen molar-refractivity contribution < 1.29 is 19.4 Å². The highest BCUT2D eigenvalue weighted by Crippen LogP contribution is 2.19. The van der Waals surface area contributed by atoms with Crippen LogP contribution in [0.4, 0.5) is 4.79 Å². The van der Waals surface area contributed by atoms with Gasteiger partial charge in [-0.1, -0.05) is 25.0 Å². The van der Waals surface area contributed by atoms with Gasteiger partial charge in [0.25, 0.3) is 0 Å². The molecule has 1 aromatic rings. The second kappa shape index (κ2) is 11.6. The molecular formula is C22H38N6O4. The van der Waals surface area contributed by atoms with Crippen molar-refractivity contribution >= 4 is 11.9 Å². The van der Waals surface area contributed by atoms with Gasteiger partial charge in [0, 0.05) is 45.1 Å². The first-order valence-electron chi connectivity index (χ1n) is 11.8. The van der Waals surface area contributed by atoms with E-state index in [-0.39, 0.29) is 49.3 Å². The van der Waals surface area contributed by atoms with Crippen molar-refractivity contribution in [3.8, 4) is 0 Å². The summed E-state index contributed by atoms with van der Waals surface area (Å²) in [5.41, 5.74) is 0.728. The Labute approximate surface area is 190 Å². The number of aromatic nitrogens is 3. The molecule has 2 aliphatic rings. The Hall–Kier alpha value is -2.20. The van der Waals surface area contributed by atoms with Crippen molar-refractivity contribution in [3.63, 3.8) is 0 Å². The Morgan fingerprint density at radius 1 is 1.38 bits per heavy atom. The number of nitrogens with zero attached hydrogens (tertiary/aromatic N) is 5. The third-order valence-corrected chi connectivity index (χ3v) is 6.53. The summed E-state index contributed by atoms with van der Waals surface area (Å²) in [6.07, 6.45) is 6.94. The molecule has 1 aliphatic heterocycles. The van der Waals surface area contributed by atoms with Gasteiger partial charge in [-0.25, -0.2) is 4.79 Å². The largest absolute Gasteiger partial charge is 0.394 e. The number of amides is 3. The van der Waals surface area contributed by atoms with Crippen LogP contribution in [0.3, 0.4) is 0 Å². The van der Waals surface area contributed by atoms with Crippen molar-refractivity contribution in [1.82, 2.24) is 30.1 Å².